The van der Waals surface area contributed by atoms with E-state index in [1.165, 1.54) is 16.7 Å². The highest BCUT2D eigenvalue weighted by atomic mass is 14.0. The number of hydrogen-bond acceptors (Lipinski definition) is 0. The summed E-state index contributed by atoms with van der Waals surface area (Å²) in [5, 5.41) is 0. The van der Waals surface area contributed by atoms with Crippen LogP contribution in [0.3, 0.4) is 0 Å². The second-order valence-electron chi connectivity index (χ2n) is 3.54. The van der Waals surface area contributed by atoms with Crippen LogP contribution >= 0.6 is 0 Å². The molecule has 0 bridgehead atoms. The molecule has 0 aliphatic heterocycles. The van der Waals surface area contributed by atoms with Crippen molar-refractivity contribution >= 4 is 5.57 Å². The van der Waals surface area contributed by atoms with E-state index in [1.807, 2.05) is 19.9 Å². The van der Waals surface area contributed by atoms with Gasteiger partial charge in [0, 0.05) is 0 Å². The molecule has 1 aliphatic rings. The third kappa shape index (κ3) is 3.54. The van der Waals surface area contributed by atoms with Crippen LogP contribution in [0.4, 0.5) is 0 Å². The summed E-state index contributed by atoms with van der Waals surface area (Å²) in [6.07, 6.45) is 9.90. The molecule has 1 aromatic rings. The molecule has 0 spiro atoms. The van der Waals surface area contributed by atoms with Gasteiger partial charge in [0.2, 0.25) is 0 Å². The largest absolute Gasteiger partial charge is 0.0778 e. The molecule has 0 amide bonds. The zero-order valence-electron chi connectivity index (χ0n) is 10.4. The summed E-state index contributed by atoms with van der Waals surface area (Å²) in [5.74, 6) is 0. The van der Waals surface area contributed by atoms with E-state index < -0.39 is 0 Å². The first kappa shape index (κ1) is 12.5. The predicted molar refractivity (Wildman–Crippen MR) is 73.3 cm³/mol. The molecule has 1 aliphatic carbocycles. The molecular weight excluding hydrogens is 192 g/mol. The number of benzene rings is 1. The van der Waals surface area contributed by atoms with E-state index in [4.69, 9.17) is 0 Å². The van der Waals surface area contributed by atoms with Crippen molar-refractivity contribution in [2.45, 2.75) is 27.2 Å². The summed E-state index contributed by atoms with van der Waals surface area (Å²) in [4.78, 5) is 0. The lowest BCUT2D eigenvalue weighted by Crippen LogP contribution is -1.78. The van der Waals surface area contributed by atoms with Gasteiger partial charge < -0.3 is 0 Å². The molecule has 0 nitrogen and oxygen atoms in total. The minimum atomic E-state index is 1.03. The number of allylic oxidation sites excluding steroid dienone is 6. The third-order valence-corrected chi connectivity index (χ3v) is 2.41. The molecule has 16 heavy (non-hydrogen) atoms. The van der Waals surface area contributed by atoms with E-state index in [1.54, 1.807) is 0 Å². The Morgan fingerprint density at radius 2 is 1.56 bits per heavy atom. The Balaban J connectivity index is 0.000000606. The van der Waals surface area contributed by atoms with Crippen molar-refractivity contribution in [2.24, 2.45) is 0 Å². The molecule has 0 saturated carbocycles. The van der Waals surface area contributed by atoms with Gasteiger partial charge in [-0.25, -0.2) is 0 Å². The van der Waals surface area contributed by atoms with E-state index in [2.05, 4.69) is 55.5 Å². The molecule has 0 N–H and O–H groups in total. The summed E-state index contributed by atoms with van der Waals surface area (Å²) in [6, 6.07) is 10.5. The quantitative estimate of drug-likeness (QED) is 0.614. The normalized spacial score (nSPS) is 14.2. The van der Waals surface area contributed by atoms with Crippen molar-refractivity contribution in [3.05, 3.63) is 65.8 Å². The molecule has 0 radical (unpaired) electrons. The Hall–Kier alpha value is -1.56. The first-order valence-electron chi connectivity index (χ1n) is 5.97. The molecule has 84 valence electrons. The van der Waals surface area contributed by atoms with Crippen molar-refractivity contribution in [2.75, 3.05) is 0 Å². The Morgan fingerprint density at radius 3 is 2.25 bits per heavy atom. The molecule has 0 fully saturated rings. The smallest absolute Gasteiger partial charge is 0.0154 e. The number of rotatable bonds is 1. The fourth-order valence-electron chi connectivity index (χ4n) is 1.57. The summed E-state index contributed by atoms with van der Waals surface area (Å²) in [6.45, 7) is 6.14. The fourth-order valence-corrected chi connectivity index (χ4v) is 1.57. The Bertz CT molecular complexity index is 391. The summed E-state index contributed by atoms with van der Waals surface area (Å²) >= 11 is 0. The summed E-state index contributed by atoms with van der Waals surface area (Å²) in [7, 11) is 0. The van der Waals surface area contributed by atoms with Crippen molar-refractivity contribution in [3.63, 3.8) is 0 Å². The van der Waals surface area contributed by atoms with Gasteiger partial charge in [-0.1, -0.05) is 74.1 Å². The van der Waals surface area contributed by atoms with Crippen molar-refractivity contribution in [1.29, 1.82) is 0 Å². The molecule has 2 rings (SSSR count). The molecule has 0 aromatic heterocycles. The van der Waals surface area contributed by atoms with Crippen LogP contribution in [0.15, 0.2) is 60.2 Å². The van der Waals surface area contributed by atoms with Crippen LogP contribution in [-0.2, 0) is 0 Å². The van der Waals surface area contributed by atoms with E-state index in [-0.39, 0.29) is 0 Å². The van der Waals surface area contributed by atoms with Crippen LogP contribution in [0.25, 0.3) is 5.57 Å². The topological polar surface area (TPSA) is 0 Å². The minimum absolute atomic E-state index is 1.03. The van der Waals surface area contributed by atoms with Crippen LogP contribution in [0.1, 0.15) is 32.8 Å². The molecule has 0 heteroatoms. The minimum Gasteiger partial charge on any atom is -0.0778 e. The monoisotopic (exact) mass is 212 g/mol. The summed E-state index contributed by atoms with van der Waals surface area (Å²) < 4.78 is 0. The van der Waals surface area contributed by atoms with Gasteiger partial charge in [0.1, 0.15) is 0 Å². The second-order valence-corrected chi connectivity index (χ2v) is 3.54. The first-order chi connectivity index (χ1) is 7.86. The molecule has 1 aromatic carbocycles. The van der Waals surface area contributed by atoms with E-state index in [9.17, 15) is 0 Å². The first-order valence-corrected chi connectivity index (χ1v) is 5.97. The average Bonchev–Trinajstić information content (AvgIpc) is 2.58. The fraction of sp³-hybridized carbons (Fsp3) is 0.250. The van der Waals surface area contributed by atoms with Crippen LogP contribution in [0, 0.1) is 0 Å². The lowest BCUT2D eigenvalue weighted by molar-refractivity contribution is 1.35. The van der Waals surface area contributed by atoms with E-state index in [0.717, 1.165) is 6.42 Å². The maximum Gasteiger partial charge on any atom is -0.0154 e. The van der Waals surface area contributed by atoms with Crippen LogP contribution in [-0.4, -0.2) is 0 Å². The van der Waals surface area contributed by atoms with Gasteiger partial charge in [-0.2, -0.15) is 0 Å². The van der Waals surface area contributed by atoms with Gasteiger partial charge in [-0.05, 0) is 24.5 Å². The van der Waals surface area contributed by atoms with E-state index in [0.29, 0.717) is 0 Å². The van der Waals surface area contributed by atoms with Crippen LogP contribution in [0.5, 0.6) is 0 Å². The Kier molecular flexibility index (Phi) is 5.35. The molecule has 0 atom stereocenters. The molecular formula is C16H20. The summed E-state index contributed by atoms with van der Waals surface area (Å²) in [5.41, 5.74) is 3.96. The van der Waals surface area contributed by atoms with Crippen molar-refractivity contribution in [3.8, 4) is 0 Å². The van der Waals surface area contributed by atoms with Crippen LogP contribution < -0.4 is 0 Å². The Labute approximate surface area is 99.0 Å². The standard InChI is InChI=1S/C14H14.C2H6/c1-12-6-5-9-14(11-10-12)13-7-3-2-4-8-13;1-2/h2-4,6-11H,5H2,1H3;1-2H3. The van der Waals surface area contributed by atoms with Gasteiger partial charge in [0.15, 0.2) is 0 Å². The number of hydrogen-bond donors (Lipinski definition) is 0. The highest BCUT2D eigenvalue weighted by molar-refractivity contribution is 5.75. The van der Waals surface area contributed by atoms with E-state index >= 15 is 0 Å². The second kappa shape index (κ2) is 6.84. The molecule has 0 saturated heterocycles. The van der Waals surface area contributed by atoms with Gasteiger partial charge in [-0.15, -0.1) is 0 Å². The van der Waals surface area contributed by atoms with Crippen LogP contribution in [0.2, 0.25) is 0 Å². The maximum absolute atomic E-state index is 2.27. The zero-order valence-corrected chi connectivity index (χ0v) is 10.4. The molecule has 0 heterocycles. The molecule has 0 unspecified atom stereocenters. The van der Waals surface area contributed by atoms with Gasteiger partial charge in [0.25, 0.3) is 0 Å². The van der Waals surface area contributed by atoms with Gasteiger partial charge >= 0.3 is 0 Å². The lowest BCUT2D eigenvalue weighted by Gasteiger charge is -2.00. The average molecular weight is 212 g/mol. The van der Waals surface area contributed by atoms with Gasteiger partial charge in [0.05, 0.1) is 0 Å². The SMILES string of the molecule is CC.CC1=CCC=C(c2ccccc2)C=C1. The van der Waals surface area contributed by atoms with Crippen molar-refractivity contribution < 1.29 is 0 Å². The highest BCUT2D eigenvalue weighted by Crippen LogP contribution is 2.19. The van der Waals surface area contributed by atoms with Crippen molar-refractivity contribution in [1.82, 2.24) is 0 Å². The van der Waals surface area contributed by atoms with Gasteiger partial charge in [-0.3, -0.25) is 0 Å². The highest BCUT2D eigenvalue weighted by Gasteiger charge is 1.98. The maximum atomic E-state index is 2.27. The lowest BCUT2D eigenvalue weighted by atomic mass is 10.1. The Morgan fingerprint density at radius 1 is 0.875 bits per heavy atom. The zero-order chi connectivity index (χ0) is 11.8. The third-order valence-electron chi connectivity index (χ3n) is 2.41. The predicted octanol–water partition coefficient (Wildman–Crippen LogP) is 5.00.